The van der Waals surface area contributed by atoms with Gasteiger partial charge in [0.25, 0.3) is 5.53 Å². The Morgan fingerprint density at radius 2 is 1.06 bits per heavy atom. The van der Waals surface area contributed by atoms with E-state index in [-0.39, 0.29) is 0 Å². The second-order valence-corrected chi connectivity index (χ2v) is 7.62. The van der Waals surface area contributed by atoms with Crippen LogP contribution in [0, 0.1) is 0 Å². The normalized spacial score (nSPS) is 13.1. The maximum atomic E-state index is 10.6. The molecule has 0 saturated carbocycles. The Labute approximate surface area is 94.7 Å². The number of aliphatic hydroxyl groups is 2. The van der Waals surface area contributed by atoms with Crippen LogP contribution in [0.15, 0.2) is 0 Å². The van der Waals surface area contributed by atoms with Crippen LogP contribution in [-0.4, -0.2) is 26.8 Å². The predicted molar refractivity (Wildman–Crippen MR) is 47.9 cm³/mol. The van der Waals surface area contributed by atoms with Crippen LogP contribution in [0.5, 0.6) is 0 Å². The lowest BCUT2D eigenvalue weighted by Gasteiger charge is -2.18. The van der Waals surface area contributed by atoms with Gasteiger partial charge in [-0.25, -0.2) is 36.5 Å². The second kappa shape index (κ2) is 5.91. The summed E-state index contributed by atoms with van der Waals surface area (Å²) >= 11 is 0. The molecule has 0 aromatic rings. The quantitative estimate of drug-likeness (QED) is 0.529. The molecule has 14 heteroatoms. The summed E-state index contributed by atoms with van der Waals surface area (Å²) in [5, 5.41) is 15.1. The predicted octanol–water partition coefficient (Wildman–Crippen LogP) is 1.01. The van der Waals surface area contributed by atoms with Crippen molar-refractivity contribution in [1.29, 1.82) is 0 Å². The van der Waals surface area contributed by atoms with Gasteiger partial charge in [0.1, 0.15) is 0 Å². The molecule has 0 bridgehead atoms. The molecule has 0 aromatic carbocycles. The topological polar surface area (TPSA) is 177 Å². The zero-order valence-corrected chi connectivity index (χ0v) is 11.2. The Bertz CT molecular complexity index is 518. The first-order valence-corrected chi connectivity index (χ1v) is 8.45. The Morgan fingerprint density at radius 1 is 0.706 bits per heavy atom. The summed E-state index contributed by atoms with van der Waals surface area (Å²) in [4.78, 5) is 0. The minimum absolute atomic E-state index is 2.75. The molecule has 0 heterocycles. The molecule has 0 amide bonds. The summed E-state index contributed by atoms with van der Waals surface area (Å²) < 4.78 is 84.1. The summed E-state index contributed by atoms with van der Waals surface area (Å²) in [6, 6.07) is 0. The molecular weight excluding hydrogens is 320 g/mol. The third-order valence-electron chi connectivity index (χ3n) is 1.61. The van der Waals surface area contributed by atoms with Crippen LogP contribution in [0.4, 0.5) is 0 Å². The molecule has 10 nitrogen and oxygen atoms in total. The highest BCUT2D eigenvalue weighted by Gasteiger charge is 2.54. The van der Waals surface area contributed by atoms with Crippen molar-refractivity contribution in [1.82, 2.24) is 0 Å². The molecule has 1 unspecified atom stereocenters. The van der Waals surface area contributed by atoms with E-state index in [1.165, 1.54) is 0 Å². The molecule has 0 radical (unpaired) electrons. The van der Waals surface area contributed by atoms with Crippen molar-refractivity contribution < 1.29 is 46.7 Å². The maximum Gasteiger partial charge on any atom is 0.378 e. The van der Waals surface area contributed by atoms with E-state index in [4.69, 9.17) is 10.2 Å². The molecule has 17 heavy (non-hydrogen) atoms. The van der Waals surface area contributed by atoms with Crippen molar-refractivity contribution in [3.05, 3.63) is 0 Å². The lowest BCUT2D eigenvalue weighted by atomic mass is 10.4. The molecule has 0 rings (SSSR count). The molecule has 1 atom stereocenters. The third-order valence-corrected chi connectivity index (χ3v) is 6.80. The van der Waals surface area contributed by atoms with Crippen LogP contribution in [0.25, 0.3) is 0 Å². The van der Waals surface area contributed by atoms with Crippen LogP contribution in [-0.2, 0) is 36.5 Å². The fraction of sp³-hybridized carbons (Fsp3) is 1.00. The van der Waals surface area contributed by atoms with Crippen molar-refractivity contribution >= 4 is 30.7 Å². The van der Waals surface area contributed by atoms with E-state index >= 15 is 0 Å². The van der Waals surface area contributed by atoms with E-state index in [1.807, 2.05) is 0 Å². The lowest BCUT2D eigenvalue weighted by Crippen LogP contribution is -2.39. The van der Waals surface area contributed by atoms with E-state index in [2.05, 4.69) is 0 Å². The van der Waals surface area contributed by atoms with Gasteiger partial charge in [-0.3, -0.25) is 0 Å². The SMILES string of the molecule is O=P(=O)C(C(P(=O)=O)C(O)(O)P(=O)=O)P(=O)=O. The monoisotopic (exact) mass is 324 g/mol. The second-order valence-electron chi connectivity index (χ2n) is 2.66. The number of rotatable bonds is 6. The standard InChI is InChI=1S/C3H4O10P4/c4-3(5,17(12)13)1(14(6)7)2(15(8)9)16(10)11/h1-2,4-5H. The Balaban J connectivity index is 6.02. The third kappa shape index (κ3) is 3.75. The van der Waals surface area contributed by atoms with Gasteiger partial charge in [-0.05, 0) is 0 Å². The summed E-state index contributed by atoms with van der Waals surface area (Å²) in [5.74, 6) is 0. The van der Waals surface area contributed by atoms with Crippen molar-refractivity contribution in [3.8, 4) is 0 Å². The summed E-state index contributed by atoms with van der Waals surface area (Å²) in [6.07, 6.45) is 0. The van der Waals surface area contributed by atoms with Gasteiger partial charge in [0.15, 0.2) is 5.66 Å². The fourth-order valence-electron chi connectivity index (χ4n) is 0.866. The van der Waals surface area contributed by atoms with E-state index < -0.39 is 47.3 Å². The maximum absolute atomic E-state index is 10.6. The van der Waals surface area contributed by atoms with Crippen LogP contribution >= 0.6 is 30.7 Å². The van der Waals surface area contributed by atoms with Crippen LogP contribution in [0.3, 0.4) is 0 Å². The molecule has 0 saturated heterocycles. The van der Waals surface area contributed by atoms with Gasteiger partial charge in [-0.15, -0.1) is 0 Å². The largest absolute Gasteiger partial charge is 0.378 e. The first-order valence-electron chi connectivity index (χ1n) is 3.53. The van der Waals surface area contributed by atoms with Crippen LogP contribution in [0.2, 0.25) is 0 Å². The molecule has 0 aliphatic carbocycles. The molecule has 2 N–H and O–H groups in total. The van der Waals surface area contributed by atoms with Crippen LogP contribution in [0.1, 0.15) is 0 Å². The highest BCUT2D eigenvalue weighted by atomic mass is 31.1. The molecule has 0 aliphatic rings. The van der Waals surface area contributed by atoms with E-state index in [0.29, 0.717) is 0 Å². The average Bonchev–Trinajstić information content (AvgIpc) is 2.10. The average molecular weight is 324 g/mol. The van der Waals surface area contributed by atoms with Gasteiger partial charge in [0.2, 0.25) is 5.40 Å². The lowest BCUT2D eigenvalue weighted by molar-refractivity contribution is -0.0859. The molecule has 0 aromatic heterocycles. The summed E-state index contributed by atoms with van der Waals surface area (Å²) in [7, 11) is -16.1. The highest BCUT2D eigenvalue weighted by molar-refractivity contribution is 7.53. The van der Waals surface area contributed by atoms with Crippen molar-refractivity contribution in [2.24, 2.45) is 0 Å². The van der Waals surface area contributed by atoms with Crippen LogP contribution < -0.4 is 0 Å². The first-order chi connectivity index (χ1) is 7.53. The van der Waals surface area contributed by atoms with Gasteiger partial charge < -0.3 is 10.2 Å². The van der Waals surface area contributed by atoms with Gasteiger partial charge >= 0.3 is 30.7 Å². The van der Waals surface area contributed by atoms with Gasteiger partial charge in [0, 0.05) is 0 Å². The van der Waals surface area contributed by atoms with E-state index in [9.17, 15) is 36.5 Å². The zero-order valence-electron chi connectivity index (χ0n) is 7.60. The Kier molecular flexibility index (Phi) is 5.75. The molecule has 0 aliphatic heterocycles. The molecular formula is C3H4O10P4. The summed E-state index contributed by atoms with van der Waals surface area (Å²) in [5.41, 5.74) is -6.90. The number of hydrogen-bond donors (Lipinski definition) is 2. The van der Waals surface area contributed by atoms with Gasteiger partial charge in [-0.1, -0.05) is 0 Å². The minimum atomic E-state index is -4.21. The number of hydrogen-bond acceptors (Lipinski definition) is 10. The Morgan fingerprint density at radius 3 is 1.24 bits per heavy atom. The van der Waals surface area contributed by atoms with Crippen molar-refractivity contribution in [3.63, 3.8) is 0 Å². The van der Waals surface area contributed by atoms with Crippen molar-refractivity contribution in [2.75, 3.05) is 0 Å². The molecule has 0 spiro atoms. The fourth-order valence-corrected chi connectivity index (χ4v) is 5.33. The Hall–Kier alpha value is -0.480. The van der Waals surface area contributed by atoms with Gasteiger partial charge in [-0.2, -0.15) is 0 Å². The summed E-state index contributed by atoms with van der Waals surface area (Å²) in [6.45, 7) is 0. The smallest absolute Gasteiger partial charge is 0.353 e. The zero-order chi connectivity index (χ0) is 14.0. The minimum Gasteiger partial charge on any atom is -0.353 e. The first kappa shape index (κ1) is 16.5. The van der Waals surface area contributed by atoms with Gasteiger partial charge in [0.05, 0.1) is 0 Å². The van der Waals surface area contributed by atoms with E-state index in [1.54, 1.807) is 0 Å². The van der Waals surface area contributed by atoms with E-state index in [0.717, 1.165) is 0 Å². The molecule has 0 fully saturated rings. The highest BCUT2D eigenvalue weighted by Crippen LogP contribution is 2.48. The van der Waals surface area contributed by atoms with Crippen molar-refractivity contribution in [2.45, 2.75) is 16.6 Å². The molecule has 96 valence electrons.